The highest BCUT2D eigenvalue weighted by molar-refractivity contribution is 6.31. The maximum absolute atomic E-state index is 6.09. The molecule has 0 radical (unpaired) electrons. The van der Waals surface area contributed by atoms with Gasteiger partial charge in [0.05, 0.1) is 18.0 Å². The van der Waals surface area contributed by atoms with Crippen molar-refractivity contribution >= 4 is 17.3 Å². The van der Waals surface area contributed by atoms with Crippen molar-refractivity contribution in [2.24, 2.45) is 0 Å². The van der Waals surface area contributed by atoms with E-state index in [0.717, 1.165) is 42.5 Å². The number of hydrogen-bond acceptors (Lipinski definition) is 3. The number of nitrogens with one attached hydrogen (secondary N) is 1. The molecule has 1 atom stereocenters. The second-order valence-electron chi connectivity index (χ2n) is 4.67. The van der Waals surface area contributed by atoms with Crippen LogP contribution in [0.25, 0.3) is 5.69 Å². The highest BCUT2D eigenvalue weighted by Crippen LogP contribution is 2.26. The van der Waals surface area contributed by atoms with Gasteiger partial charge in [0.15, 0.2) is 0 Å². The molecule has 4 nitrogen and oxygen atoms in total. The van der Waals surface area contributed by atoms with Gasteiger partial charge in [-0.1, -0.05) is 11.6 Å². The minimum atomic E-state index is 0.335. The van der Waals surface area contributed by atoms with Crippen LogP contribution >= 0.6 is 11.6 Å². The van der Waals surface area contributed by atoms with Gasteiger partial charge in [0.1, 0.15) is 0 Å². The summed E-state index contributed by atoms with van der Waals surface area (Å²) in [6.45, 7) is 1.60. The third kappa shape index (κ3) is 2.91. The Balaban J connectivity index is 1.88. The SMILES string of the molecule is Clc1ccc(-n2cccn2)c(NC2CCCOC2)c1. The van der Waals surface area contributed by atoms with Crippen LogP contribution in [0.3, 0.4) is 0 Å². The van der Waals surface area contributed by atoms with E-state index >= 15 is 0 Å². The minimum absolute atomic E-state index is 0.335. The van der Waals surface area contributed by atoms with Gasteiger partial charge in [0.25, 0.3) is 0 Å². The second kappa shape index (κ2) is 5.63. The van der Waals surface area contributed by atoms with E-state index in [0.29, 0.717) is 6.04 Å². The predicted octanol–water partition coefficient (Wildman–Crippen LogP) is 3.12. The fourth-order valence-electron chi connectivity index (χ4n) is 2.31. The number of halogens is 1. The zero-order chi connectivity index (χ0) is 13.1. The van der Waals surface area contributed by atoms with E-state index in [9.17, 15) is 0 Å². The van der Waals surface area contributed by atoms with E-state index in [-0.39, 0.29) is 0 Å². The molecule has 1 saturated heterocycles. The molecule has 1 aliphatic rings. The molecule has 100 valence electrons. The quantitative estimate of drug-likeness (QED) is 0.937. The summed E-state index contributed by atoms with van der Waals surface area (Å²) in [5.41, 5.74) is 1.99. The van der Waals surface area contributed by atoms with Gasteiger partial charge in [-0.15, -0.1) is 0 Å². The van der Waals surface area contributed by atoms with Crippen molar-refractivity contribution in [2.75, 3.05) is 18.5 Å². The monoisotopic (exact) mass is 277 g/mol. The van der Waals surface area contributed by atoms with E-state index in [2.05, 4.69) is 10.4 Å². The standard InChI is InChI=1S/C14H16ClN3O/c15-11-4-5-14(18-7-2-6-16-18)13(9-11)17-12-3-1-8-19-10-12/h2,4-7,9,12,17H,1,3,8,10H2. The van der Waals surface area contributed by atoms with Crippen molar-refractivity contribution in [1.82, 2.24) is 9.78 Å². The number of hydrogen-bond donors (Lipinski definition) is 1. The lowest BCUT2D eigenvalue weighted by Crippen LogP contribution is -2.30. The molecule has 3 rings (SSSR count). The highest BCUT2D eigenvalue weighted by Gasteiger charge is 2.15. The average molecular weight is 278 g/mol. The Hall–Kier alpha value is -1.52. The number of anilines is 1. The van der Waals surface area contributed by atoms with Gasteiger partial charge >= 0.3 is 0 Å². The molecule has 1 aromatic carbocycles. The van der Waals surface area contributed by atoms with E-state index in [1.54, 1.807) is 6.20 Å². The normalized spacial score (nSPS) is 19.3. The molecule has 19 heavy (non-hydrogen) atoms. The van der Waals surface area contributed by atoms with Crippen molar-refractivity contribution in [1.29, 1.82) is 0 Å². The van der Waals surface area contributed by atoms with Crippen molar-refractivity contribution in [3.8, 4) is 5.69 Å². The Bertz CT molecular complexity index is 536. The summed E-state index contributed by atoms with van der Waals surface area (Å²) in [7, 11) is 0. The zero-order valence-electron chi connectivity index (χ0n) is 10.6. The molecule has 1 unspecified atom stereocenters. The Kier molecular flexibility index (Phi) is 3.71. The summed E-state index contributed by atoms with van der Waals surface area (Å²) in [6.07, 6.45) is 5.90. The zero-order valence-corrected chi connectivity index (χ0v) is 11.3. The van der Waals surface area contributed by atoms with Crippen LogP contribution in [0.4, 0.5) is 5.69 Å². The first-order chi connectivity index (χ1) is 9.33. The van der Waals surface area contributed by atoms with Crippen molar-refractivity contribution < 1.29 is 4.74 Å². The smallest absolute Gasteiger partial charge is 0.0877 e. The highest BCUT2D eigenvalue weighted by atomic mass is 35.5. The third-order valence-electron chi connectivity index (χ3n) is 3.23. The summed E-state index contributed by atoms with van der Waals surface area (Å²) in [5.74, 6) is 0. The molecule has 0 aliphatic carbocycles. The molecule has 0 saturated carbocycles. The van der Waals surface area contributed by atoms with Crippen LogP contribution in [0, 0.1) is 0 Å². The first-order valence-electron chi connectivity index (χ1n) is 6.47. The van der Waals surface area contributed by atoms with Gasteiger partial charge in [-0.3, -0.25) is 0 Å². The van der Waals surface area contributed by atoms with E-state index in [1.807, 2.05) is 35.1 Å². The molecule has 1 aromatic heterocycles. The number of rotatable bonds is 3. The number of ether oxygens (including phenoxy) is 1. The Morgan fingerprint density at radius 1 is 1.42 bits per heavy atom. The van der Waals surface area contributed by atoms with E-state index in [1.165, 1.54) is 0 Å². The largest absolute Gasteiger partial charge is 0.379 e. The molecule has 1 aliphatic heterocycles. The molecule has 5 heteroatoms. The number of benzene rings is 1. The van der Waals surface area contributed by atoms with Crippen LogP contribution in [-0.2, 0) is 4.74 Å². The molecule has 2 heterocycles. The van der Waals surface area contributed by atoms with Gasteiger partial charge in [0, 0.05) is 30.1 Å². The first kappa shape index (κ1) is 12.5. The van der Waals surface area contributed by atoms with Crippen LogP contribution in [-0.4, -0.2) is 29.0 Å². The van der Waals surface area contributed by atoms with Crippen LogP contribution in [0.1, 0.15) is 12.8 Å². The predicted molar refractivity (Wildman–Crippen MR) is 76.0 cm³/mol. The first-order valence-corrected chi connectivity index (χ1v) is 6.84. The maximum atomic E-state index is 6.09. The van der Waals surface area contributed by atoms with Gasteiger partial charge in [-0.2, -0.15) is 5.10 Å². The summed E-state index contributed by atoms with van der Waals surface area (Å²) >= 11 is 6.09. The Morgan fingerprint density at radius 3 is 3.11 bits per heavy atom. The van der Waals surface area contributed by atoms with Crippen LogP contribution in [0.15, 0.2) is 36.7 Å². The minimum Gasteiger partial charge on any atom is -0.379 e. The fourth-order valence-corrected chi connectivity index (χ4v) is 2.48. The van der Waals surface area contributed by atoms with Crippen molar-refractivity contribution in [3.05, 3.63) is 41.7 Å². The Labute approximate surface area is 117 Å². The lowest BCUT2D eigenvalue weighted by Gasteiger charge is -2.25. The van der Waals surface area contributed by atoms with E-state index in [4.69, 9.17) is 16.3 Å². The van der Waals surface area contributed by atoms with E-state index < -0.39 is 0 Å². The van der Waals surface area contributed by atoms with Gasteiger partial charge in [0.2, 0.25) is 0 Å². The third-order valence-corrected chi connectivity index (χ3v) is 3.46. The maximum Gasteiger partial charge on any atom is 0.0877 e. The molecule has 0 bridgehead atoms. The van der Waals surface area contributed by atoms with Crippen LogP contribution in [0.2, 0.25) is 5.02 Å². The second-order valence-corrected chi connectivity index (χ2v) is 5.11. The van der Waals surface area contributed by atoms with Gasteiger partial charge in [-0.05, 0) is 37.1 Å². The van der Waals surface area contributed by atoms with Crippen LogP contribution < -0.4 is 5.32 Å². The molecular formula is C14H16ClN3O. The van der Waals surface area contributed by atoms with Crippen LogP contribution in [0.5, 0.6) is 0 Å². The average Bonchev–Trinajstić information content (AvgIpc) is 2.94. The summed E-state index contributed by atoms with van der Waals surface area (Å²) in [5, 5.41) is 8.50. The van der Waals surface area contributed by atoms with Crippen molar-refractivity contribution in [3.63, 3.8) is 0 Å². The molecule has 0 amide bonds. The summed E-state index contributed by atoms with van der Waals surface area (Å²) < 4.78 is 7.33. The lowest BCUT2D eigenvalue weighted by atomic mass is 10.1. The molecular weight excluding hydrogens is 262 g/mol. The Morgan fingerprint density at radius 2 is 2.37 bits per heavy atom. The molecule has 1 N–H and O–H groups in total. The van der Waals surface area contributed by atoms with Crippen molar-refractivity contribution in [2.45, 2.75) is 18.9 Å². The summed E-state index contributed by atoms with van der Waals surface area (Å²) in [6, 6.07) is 8.03. The molecule has 0 spiro atoms. The molecule has 1 fully saturated rings. The summed E-state index contributed by atoms with van der Waals surface area (Å²) in [4.78, 5) is 0. The fraction of sp³-hybridized carbons (Fsp3) is 0.357. The molecule has 2 aromatic rings. The van der Waals surface area contributed by atoms with Gasteiger partial charge < -0.3 is 10.1 Å². The van der Waals surface area contributed by atoms with Gasteiger partial charge in [-0.25, -0.2) is 4.68 Å². The topological polar surface area (TPSA) is 39.1 Å². The lowest BCUT2D eigenvalue weighted by molar-refractivity contribution is 0.0876. The number of nitrogens with zero attached hydrogens (tertiary/aromatic N) is 2. The number of aromatic nitrogens is 2.